The Bertz CT molecular complexity index is 765. The van der Waals surface area contributed by atoms with E-state index in [1.165, 1.54) is 0 Å². The lowest BCUT2D eigenvalue weighted by Gasteiger charge is -2.41. The van der Waals surface area contributed by atoms with Crippen molar-refractivity contribution in [2.75, 3.05) is 19.6 Å². The van der Waals surface area contributed by atoms with E-state index in [1.807, 2.05) is 12.1 Å². The Morgan fingerprint density at radius 2 is 1.91 bits per heavy atom. The molecule has 0 aliphatic carbocycles. The van der Waals surface area contributed by atoms with Gasteiger partial charge in [-0.15, -0.1) is 0 Å². The Morgan fingerprint density at radius 1 is 1.13 bits per heavy atom. The molecule has 4 nitrogen and oxygen atoms in total. The van der Waals surface area contributed by atoms with Crippen molar-refractivity contribution in [3.05, 3.63) is 33.9 Å². The Balaban J connectivity index is 1.70. The largest absolute Gasteiger partial charge is 0.350 e. The van der Waals surface area contributed by atoms with Crippen molar-refractivity contribution in [1.29, 1.82) is 0 Å². The lowest BCUT2D eigenvalue weighted by Crippen LogP contribution is -2.53. The molecule has 1 aromatic carbocycles. The molecular weight excluding hydrogens is 333 g/mol. The number of nitrogens with zero attached hydrogens (tertiary/aromatic N) is 1. The summed E-state index contributed by atoms with van der Waals surface area (Å²) in [5.74, 6) is 0.0767. The van der Waals surface area contributed by atoms with Crippen LogP contribution in [0, 0.1) is 0 Å². The summed E-state index contributed by atoms with van der Waals surface area (Å²) in [4.78, 5) is 18.4. The zero-order chi connectivity index (χ0) is 16.0. The highest BCUT2D eigenvalue weighted by Crippen LogP contribution is 2.38. The number of hydrogen-bond donors (Lipinski definition) is 2. The summed E-state index contributed by atoms with van der Waals surface area (Å²) in [6.07, 6.45) is 4.25. The van der Waals surface area contributed by atoms with Crippen LogP contribution in [-0.4, -0.2) is 41.0 Å². The van der Waals surface area contributed by atoms with E-state index in [0.717, 1.165) is 56.2 Å². The van der Waals surface area contributed by atoms with Gasteiger partial charge in [0.2, 0.25) is 0 Å². The molecule has 4 rings (SSSR count). The van der Waals surface area contributed by atoms with Crippen LogP contribution >= 0.6 is 23.2 Å². The van der Waals surface area contributed by atoms with E-state index in [0.29, 0.717) is 15.7 Å². The highest BCUT2D eigenvalue weighted by atomic mass is 35.5. The van der Waals surface area contributed by atoms with Crippen LogP contribution in [0.2, 0.25) is 10.0 Å². The first-order chi connectivity index (χ1) is 11.1. The predicted octanol–water partition coefficient (Wildman–Crippen LogP) is 3.83. The molecule has 6 heteroatoms. The second-order valence-electron chi connectivity index (χ2n) is 6.57. The molecule has 1 aromatic heterocycles. The fourth-order valence-electron chi connectivity index (χ4n) is 4.09. The molecule has 2 aromatic rings. The maximum absolute atomic E-state index is 13.1. The quantitative estimate of drug-likeness (QED) is 0.819. The molecule has 1 spiro atoms. The number of carbonyl (C=O) groups excluding carboxylic acids is 1. The Kier molecular flexibility index (Phi) is 3.79. The number of likely N-dealkylation sites (tertiary alicyclic amines) is 1. The molecule has 1 amide bonds. The minimum Gasteiger partial charge on any atom is -0.350 e. The van der Waals surface area contributed by atoms with Crippen molar-refractivity contribution < 1.29 is 4.79 Å². The Labute approximate surface area is 145 Å². The van der Waals surface area contributed by atoms with Gasteiger partial charge >= 0.3 is 0 Å². The maximum Gasteiger partial charge on any atom is 0.270 e. The summed E-state index contributed by atoms with van der Waals surface area (Å²) in [6.45, 7) is 2.80. The van der Waals surface area contributed by atoms with E-state index in [2.05, 4.69) is 15.2 Å². The minimum atomic E-state index is 0.0288. The van der Waals surface area contributed by atoms with Crippen LogP contribution < -0.4 is 5.32 Å². The van der Waals surface area contributed by atoms with Crippen molar-refractivity contribution in [3.63, 3.8) is 0 Å². The average molecular weight is 352 g/mol. The fraction of sp³-hybridized carbons (Fsp3) is 0.471. The van der Waals surface area contributed by atoms with Crippen molar-refractivity contribution in [1.82, 2.24) is 15.2 Å². The molecule has 0 bridgehead atoms. The number of piperidine rings is 1. The van der Waals surface area contributed by atoms with Crippen LogP contribution in [0.15, 0.2) is 18.2 Å². The van der Waals surface area contributed by atoms with Gasteiger partial charge in [-0.25, -0.2) is 0 Å². The van der Waals surface area contributed by atoms with Gasteiger partial charge < -0.3 is 15.2 Å². The predicted molar refractivity (Wildman–Crippen MR) is 93.4 cm³/mol. The molecule has 2 aliphatic rings. The van der Waals surface area contributed by atoms with Crippen LogP contribution in [0.25, 0.3) is 10.9 Å². The summed E-state index contributed by atoms with van der Waals surface area (Å²) in [5, 5.41) is 5.38. The Hall–Kier alpha value is -1.23. The molecule has 2 fully saturated rings. The molecule has 0 unspecified atom stereocenters. The molecule has 122 valence electrons. The first kappa shape index (κ1) is 15.3. The van der Waals surface area contributed by atoms with Gasteiger partial charge in [0.05, 0.1) is 5.02 Å². The van der Waals surface area contributed by atoms with Gasteiger partial charge in [-0.3, -0.25) is 4.79 Å². The SMILES string of the molecule is O=C(c1cc2c(Cl)cc(Cl)cc2[nH]1)N1CCCC12CCNCC2. The standard InChI is InChI=1S/C17H19Cl2N3O/c18-11-8-13(19)12-10-15(21-14(12)9-11)16(23)22-7-1-2-17(22)3-5-20-6-4-17/h8-10,20-21H,1-7H2. The number of benzene rings is 1. The van der Waals surface area contributed by atoms with Gasteiger partial charge in [-0.1, -0.05) is 23.2 Å². The molecule has 0 radical (unpaired) electrons. The van der Waals surface area contributed by atoms with Crippen LogP contribution in [0.5, 0.6) is 0 Å². The molecule has 2 N–H and O–H groups in total. The highest BCUT2D eigenvalue weighted by Gasteiger charge is 2.44. The molecule has 3 heterocycles. The Morgan fingerprint density at radius 3 is 2.70 bits per heavy atom. The lowest BCUT2D eigenvalue weighted by molar-refractivity contribution is 0.0514. The van der Waals surface area contributed by atoms with Gasteiger partial charge in [-0.05, 0) is 57.0 Å². The van der Waals surface area contributed by atoms with E-state index in [9.17, 15) is 4.79 Å². The minimum absolute atomic E-state index is 0.0288. The second-order valence-corrected chi connectivity index (χ2v) is 7.41. The first-order valence-electron chi connectivity index (χ1n) is 8.10. The summed E-state index contributed by atoms with van der Waals surface area (Å²) < 4.78 is 0. The number of H-pyrrole nitrogens is 1. The molecule has 2 aliphatic heterocycles. The van der Waals surface area contributed by atoms with Crippen LogP contribution in [-0.2, 0) is 0 Å². The number of aromatic amines is 1. The monoisotopic (exact) mass is 351 g/mol. The second kappa shape index (κ2) is 5.69. The summed E-state index contributed by atoms with van der Waals surface area (Å²) in [5.41, 5.74) is 1.44. The number of carbonyl (C=O) groups is 1. The number of nitrogens with one attached hydrogen (secondary N) is 2. The summed E-state index contributed by atoms with van der Waals surface area (Å²) in [7, 11) is 0. The van der Waals surface area contributed by atoms with Gasteiger partial charge in [0, 0.05) is 28.0 Å². The number of amides is 1. The van der Waals surface area contributed by atoms with E-state index in [-0.39, 0.29) is 11.4 Å². The molecular formula is C17H19Cl2N3O. The van der Waals surface area contributed by atoms with E-state index < -0.39 is 0 Å². The van der Waals surface area contributed by atoms with Gasteiger partial charge in [0.15, 0.2) is 0 Å². The number of halogens is 2. The normalized spacial score (nSPS) is 20.5. The first-order valence-corrected chi connectivity index (χ1v) is 8.85. The molecule has 0 atom stereocenters. The van der Waals surface area contributed by atoms with Crippen molar-refractivity contribution in [3.8, 4) is 0 Å². The van der Waals surface area contributed by atoms with Crippen molar-refractivity contribution >= 4 is 40.0 Å². The third-order valence-corrected chi connectivity index (χ3v) is 5.79. The van der Waals surface area contributed by atoms with E-state index in [1.54, 1.807) is 6.07 Å². The average Bonchev–Trinajstić information content (AvgIpc) is 3.12. The third kappa shape index (κ3) is 2.53. The summed E-state index contributed by atoms with van der Waals surface area (Å²) >= 11 is 12.3. The number of aromatic nitrogens is 1. The van der Waals surface area contributed by atoms with Gasteiger partial charge in [0.25, 0.3) is 5.91 Å². The van der Waals surface area contributed by atoms with Crippen LogP contribution in [0.1, 0.15) is 36.2 Å². The maximum atomic E-state index is 13.1. The van der Waals surface area contributed by atoms with E-state index >= 15 is 0 Å². The van der Waals surface area contributed by atoms with Gasteiger partial charge in [0.1, 0.15) is 5.69 Å². The fourth-order valence-corrected chi connectivity index (χ4v) is 4.64. The topological polar surface area (TPSA) is 48.1 Å². The smallest absolute Gasteiger partial charge is 0.270 e. The van der Waals surface area contributed by atoms with Crippen molar-refractivity contribution in [2.45, 2.75) is 31.2 Å². The van der Waals surface area contributed by atoms with Crippen LogP contribution in [0.3, 0.4) is 0 Å². The highest BCUT2D eigenvalue weighted by molar-refractivity contribution is 6.38. The number of hydrogen-bond acceptors (Lipinski definition) is 2. The lowest BCUT2D eigenvalue weighted by atomic mass is 9.85. The van der Waals surface area contributed by atoms with Gasteiger partial charge in [-0.2, -0.15) is 0 Å². The number of rotatable bonds is 1. The van der Waals surface area contributed by atoms with E-state index in [4.69, 9.17) is 23.2 Å². The molecule has 0 saturated carbocycles. The zero-order valence-electron chi connectivity index (χ0n) is 12.8. The zero-order valence-corrected chi connectivity index (χ0v) is 14.3. The third-order valence-electron chi connectivity index (χ3n) is 5.26. The van der Waals surface area contributed by atoms with Crippen molar-refractivity contribution in [2.24, 2.45) is 0 Å². The van der Waals surface area contributed by atoms with Crippen LogP contribution in [0.4, 0.5) is 0 Å². The molecule has 23 heavy (non-hydrogen) atoms. The molecule has 2 saturated heterocycles. The number of fused-ring (bicyclic) bond motifs is 1. The summed E-state index contributed by atoms with van der Waals surface area (Å²) in [6, 6.07) is 5.37.